The first-order chi connectivity index (χ1) is 9.60. The number of anilines is 1. The largest absolute Gasteiger partial charge is 0.496 e. The Hall–Kier alpha value is -1.99. The Morgan fingerprint density at radius 1 is 1.15 bits per heavy atom. The molecule has 0 fully saturated rings. The molecule has 0 amide bonds. The first kappa shape index (κ1) is 14.4. The monoisotopic (exact) mass is 296 g/mol. The van der Waals surface area contributed by atoms with E-state index in [4.69, 9.17) is 19.9 Å². The SMILES string of the molecule is COc1cc(OC)c(C(O)c2cnc(N)s2)c(OC)c1. The molecule has 1 aromatic heterocycles. The molecule has 1 atom stereocenters. The molecule has 2 rings (SSSR count). The number of ether oxygens (including phenoxy) is 3. The van der Waals surface area contributed by atoms with E-state index in [0.717, 1.165) is 0 Å². The van der Waals surface area contributed by atoms with E-state index in [1.807, 2.05) is 0 Å². The minimum Gasteiger partial charge on any atom is -0.496 e. The molecule has 1 unspecified atom stereocenters. The summed E-state index contributed by atoms with van der Waals surface area (Å²) < 4.78 is 15.8. The number of aromatic nitrogens is 1. The fourth-order valence-electron chi connectivity index (χ4n) is 1.87. The molecule has 0 aliphatic rings. The second-order valence-corrected chi connectivity index (χ2v) is 5.04. The lowest BCUT2D eigenvalue weighted by molar-refractivity contribution is 0.211. The molecule has 0 saturated heterocycles. The smallest absolute Gasteiger partial charge is 0.180 e. The summed E-state index contributed by atoms with van der Waals surface area (Å²) in [7, 11) is 4.59. The van der Waals surface area contributed by atoms with Crippen molar-refractivity contribution < 1.29 is 19.3 Å². The van der Waals surface area contributed by atoms with Gasteiger partial charge in [0.1, 0.15) is 23.4 Å². The summed E-state index contributed by atoms with van der Waals surface area (Å²) in [6.07, 6.45) is 0.606. The van der Waals surface area contributed by atoms with E-state index in [1.54, 1.807) is 19.2 Å². The van der Waals surface area contributed by atoms with E-state index < -0.39 is 6.10 Å². The molecule has 2 aromatic rings. The number of hydrogen-bond donors (Lipinski definition) is 2. The molecule has 0 spiro atoms. The average molecular weight is 296 g/mol. The van der Waals surface area contributed by atoms with Gasteiger partial charge in [0.05, 0.1) is 31.8 Å². The van der Waals surface area contributed by atoms with Crippen molar-refractivity contribution in [2.45, 2.75) is 6.10 Å². The Morgan fingerprint density at radius 2 is 1.75 bits per heavy atom. The Bertz CT molecular complexity index is 575. The van der Waals surface area contributed by atoms with Gasteiger partial charge in [-0.15, -0.1) is 0 Å². The highest BCUT2D eigenvalue weighted by Crippen LogP contribution is 2.41. The molecule has 0 aliphatic heterocycles. The van der Waals surface area contributed by atoms with Gasteiger partial charge in [0.2, 0.25) is 0 Å². The summed E-state index contributed by atoms with van der Waals surface area (Å²) >= 11 is 1.21. The van der Waals surface area contributed by atoms with Crippen molar-refractivity contribution in [2.24, 2.45) is 0 Å². The van der Waals surface area contributed by atoms with Crippen LogP contribution in [0.3, 0.4) is 0 Å². The van der Waals surface area contributed by atoms with Gasteiger partial charge in [-0.2, -0.15) is 0 Å². The van der Waals surface area contributed by atoms with Crippen LogP contribution < -0.4 is 19.9 Å². The van der Waals surface area contributed by atoms with Gasteiger partial charge in [0.15, 0.2) is 5.13 Å². The Labute approximate surface area is 120 Å². The number of hydrogen-bond acceptors (Lipinski definition) is 7. The normalized spacial score (nSPS) is 12.0. The molecular formula is C13H16N2O4S. The molecule has 108 valence electrons. The number of aliphatic hydroxyl groups excluding tert-OH is 1. The predicted octanol–water partition coefficient (Wildman–Crippen LogP) is 1.83. The Kier molecular flexibility index (Phi) is 4.31. The van der Waals surface area contributed by atoms with Gasteiger partial charge >= 0.3 is 0 Å². The fourth-order valence-corrected chi connectivity index (χ4v) is 2.55. The van der Waals surface area contributed by atoms with Crippen molar-refractivity contribution in [3.8, 4) is 17.2 Å². The lowest BCUT2D eigenvalue weighted by atomic mass is 10.1. The minimum absolute atomic E-state index is 0.394. The van der Waals surface area contributed by atoms with Crippen LogP contribution in [-0.4, -0.2) is 31.4 Å². The van der Waals surface area contributed by atoms with Gasteiger partial charge in [0.25, 0.3) is 0 Å². The number of methoxy groups -OCH3 is 3. The first-order valence-electron chi connectivity index (χ1n) is 5.79. The molecule has 3 N–H and O–H groups in total. The number of thiazole rings is 1. The van der Waals surface area contributed by atoms with E-state index >= 15 is 0 Å². The third-order valence-electron chi connectivity index (χ3n) is 2.84. The molecule has 1 heterocycles. The van der Waals surface area contributed by atoms with E-state index in [-0.39, 0.29) is 0 Å². The van der Waals surface area contributed by atoms with Crippen molar-refractivity contribution >= 4 is 16.5 Å². The fraction of sp³-hybridized carbons (Fsp3) is 0.308. The van der Waals surface area contributed by atoms with E-state index in [2.05, 4.69) is 4.98 Å². The number of nitrogen functional groups attached to an aromatic ring is 1. The van der Waals surface area contributed by atoms with Crippen LogP contribution in [0.4, 0.5) is 5.13 Å². The highest BCUT2D eigenvalue weighted by Gasteiger charge is 2.23. The van der Waals surface area contributed by atoms with Gasteiger partial charge in [-0.05, 0) is 0 Å². The molecular weight excluding hydrogens is 280 g/mol. The summed E-state index contributed by atoms with van der Waals surface area (Å²) in [4.78, 5) is 4.55. The lowest BCUT2D eigenvalue weighted by Gasteiger charge is -2.18. The summed E-state index contributed by atoms with van der Waals surface area (Å²) in [5, 5.41) is 10.9. The van der Waals surface area contributed by atoms with Crippen molar-refractivity contribution in [3.63, 3.8) is 0 Å². The number of aliphatic hydroxyl groups is 1. The van der Waals surface area contributed by atoms with Gasteiger partial charge in [0, 0.05) is 18.3 Å². The molecule has 0 saturated carbocycles. The number of benzene rings is 1. The second-order valence-electron chi connectivity index (χ2n) is 3.95. The van der Waals surface area contributed by atoms with Crippen LogP contribution in [0.15, 0.2) is 18.3 Å². The van der Waals surface area contributed by atoms with Crippen LogP contribution in [0.1, 0.15) is 16.5 Å². The maximum Gasteiger partial charge on any atom is 0.180 e. The van der Waals surface area contributed by atoms with E-state index in [9.17, 15) is 5.11 Å². The first-order valence-corrected chi connectivity index (χ1v) is 6.61. The van der Waals surface area contributed by atoms with Crippen LogP contribution in [0.5, 0.6) is 17.2 Å². The molecule has 20 heavy (non-hydrogen) atoms. The van der Waals surface area contributed by atoms with Gasteiger partial charge in [-0.25, -0.2) is 4.98 Å². The maximum absolute atomic E-state index is 10.5. The molecule has 1 aromatic carbocycles. The van der Waals surface area contributed by atoms with Crippen LogP contribution in [0.2, 0.25) is 0 Å². The van der Waals surface area contributed by atoms with Crippen LogP contribution >= 0.6 is 11.3 Å². The van der Waals surface area contributed by atoms with Crippen LogP contribution in [0, 0.1) is 0 Å². The summed E-state index contributed by atoms with van der Waals surface area (Å²) in [5.74, 6) is 1.53. The van der Waals surface area contributed by atoms with Crippen LogP contribution in [-0.2, 0) is 0 Å². The van der Waals surface area contributed by atoms with Gasteiger partial charge < -0.3 is 25.1 Å². The quantitative estimate of drug-likeness (QED) is 0.875. The number of rotatable bonds is 5. The Balaban J connectivity index is 2.53. The van der Waals surface area contributed by atoms with Crippen molar-refractivity contribution in [1.82, 2.24) is 4.98 Å². The van der Waals surface area contributed by atoms with Crippen LogP contribution in [0.25, 0.3) is 0 Å². The molecule has 0 bridgehead atoms. The minimum atomic E-state index is -0.930. The second kappa shape index (κ2) is 5.98. The zero-order valence-electron chi connectivity index (χ0n) is 11.4. The molecule has 6 nitrogen and oxygen atoms in total. The molecule has 0 radical (unpaired) electrons. The highest BCUT2D eigenvalue weighted by molar-refractivity contribution is 7.15. The van der Waals surface area contributed by atoms with Gasteiger partial charge in [-0.1, -0.05) is 11.3 Å². The zero-order valence-corrected chi connectivity index (χ0v) is 12.2. The van der Waals surface area contributed by atoms with E-state index in [1.165, 1.54) is 31.8 Å². The third kappa shape index (κ3) is 2.63. The lowest BCUT2D eigenvalue weighted by Crippen LogP contribution is -2.04. The van der Waals surface area contributed by atoms with Gasteiger partial charge in [-0.3, -0.25) is 0 Å². The van der Waals surface area contributed by atoms with Crippen molar-refractivity contribution in [2.75, 3.05) is 27.1 Å². The number of nitrogens with two attached hydrogens (primary N) is 1. The highest BCUT2D eigenvalue weighted by atomic mass is 32.1. The number of nitrogens with zero attached hydrogens (tertiary/aromatic N) is 1. The maximum atomic E-state index is 10.5. The molecule has 7 heteroatoms. The summed E-state index contributed by atoms with van der Waals surface area (Å²) in [6.45, 7) is 0. The summed E-state index contributed by atoms with van der Waals surface area (Å²) in [6, 6.07) is 3.37. The summed E-state index contributed by atoms with van der Waals surface area (Å²) in [5.41, 5.74) is 6.11. The Morgan fingerprint density at radius 3 is 2.15 bits per heavy atom. The standard InChI is InChI=1S/C13H16N2O4S/c1-17-7-4-8(18-2)11(9(5-7)19-3)12(16)10-6-15-13(14)20-10/h4-6,12,16H,1-3H3,(H2,14,15). The third-order valence-corrected chi connectivity index (χ3v) is 3.72. The zero-order chi connectivity index (χ0) is 14.7. The van der Waals surface area contributed by atoms with Crippen molar-refractivity contribution in [3.05, 3.63) is 28.8 Å². The van der Waals surface area contributed by atoms with Crippen molar-refractivity contribution in [1.29, 1.82) is 0 Å². The molecule has 0 aliphatic carbocycles. The topological polar surface area (TPSA) is 86.8 Å². The van der Waals surface area contributed by atoms with E-state index in [0.29, 0.717) is 32.8 Å². The average Bonchev–Trinajstić information content (AvgIpc) is 2.91. The predicted molar refractivity (Wildman–Crippen MR) is 76.7 cm³/mol.